The number of hydrogen-bond donors (Lipinski definition) is 0. The lowest BCUT2D eigenvalue weighted by atomic mass is 10.3. The van der Waals surface area contributed by atoms with E-state index in [9.17, 15) is 8.42 Å². The molecule has 1 aromatic heterocycles. The van der Waals surface area contributed by atoms with Crippen molar-refractivity contribution in [2.45, 2.75) is 28.7 Å². The molecular weight excluding hydrogens is 280 g/mol. The molecule has 3 rings (SSSR count). The van der Waals surface area contributed by atoms with E-state index in [0.29, 0.717) is 10.8 Å². The summed E-state index contributed by atoms with van der Waals surface area (Å²) in [6.07, 6.45) is 4.04. The highest BCUT2D eigenvalue weighted by Crippen LogP contribution is 2.40. The zero-order valence-electron chi connectivity index (χ0n) is 10.5. The smallest absolute Gasteiger partial charge is 0.217 e. The van der Waals surface area contributed by atoms with Crippen molar-refractivity contribution in [2.24, 2.45) is 0 Å². The van der Waals surface area contributed by atoms with Crippen molar-refractivity contribution in [1.29, 1.82) is 0 Å². The molecule has 0 atom stereocenters. The van der Waals surface area contributed by atoms with Crippen LogP contribution in [0.5, 0.6) is 0 Å². The third-order valence-corrected chi connectivity index (χ3v) is 5.64. The van der Waals surface area contributed by atoms with Crippen molar-refractivity contribution in [3.8, 4) is 0 Å². The Bertz CT molecular complexity index is 689. The van der Waals surface area contributed by atoms with Gasteiger partial charge in [-0.15, -0.1) is 0 Å². The Morgan fingerprint density at radius 2 is 1.95 bits per heavy atom. The third-order valence-electron chi connectivity index (χ3n) is 3.16. The molecule has 19 heavy (non-hydrogen) atoms. The minimum Gasteiger partial charge on any atom is -0.217 e. The molecule has 1 aromatic carbocycles. The van der Waals surface area contributed by atoms with Gasteiger partial charge in [-0.25, -0.2) is 8.42 Å². The molecule has 6 heteroatoms. The lowest BCUT2D eigenvalue weighted by Crippen LogP contribution is -2.06. The first-order valence-electron chi connectivity index (χ1n) is 6.07. The summed E-state index contributed by atoms with van der Waals surface area (Å²) in [7, 11) is -3.49. The van der Waals surface area contributed by atoms with Crippen molar-refractivity contribution in [1.82, 2.24) is 9.19 Å². The first kappa shape index (κ1) is 12.7. The van der Waals surface area contributed by atoms with Crippen LogP contribution in [0.1, 0.15) is 24.5 Å². The Labute approximate surface area is 116 Å². The van der Waals surface area contributed by atoms with Gasteiger partial charge in [-0.3, -0.25) is 0 Å². The number of benzene rings is 1. The lowest BCUT2D eigenvalue weighted by Gasteiger charge is -2.04. The van der Waals surface area contributed by atoms with Crippen LogP contribution in [0.4, 0.5) is 0 Å². The van der Waals surface area contributed by atoms with Crippen molar-refractivity contribution >= 4 is 21.8 Å². The van der Waals surface area contributed by atoms with Crippen molar-refractivity contribution in [2.75, 3.05) is 6.26 Å². The lowest BCUT2D eigenvalue weighted by molar-refractivity contribution is 0.590. The molecule has 1 saturated carbocycles. The summed E-state index contributed by atoms with van der Waals surface area (Å²) in [6.45, 7) is 0. The molecule has 0 saturated heterocycles. The van der Waals surface area contributed by atoms with Crippen LogP contribution < -0.4 is 0 Å². The summed E-state index contributed by atoms with van der Waals surface area (Å²) in [4.78, 5) is 0.313. The van der Waals surface area contributed by atoms with Gasteiger partial charge in [0, 0.05) is 18.2 Å². The van der Waals surface area contributed by atoms with Gasteiger partial charge in [-0.2, -0.15) is 9.19 Å². The van der Waals surface area contributed by atoms with Gasteiger partial charge in [0.25, 0.3) is 0 Å². The summed E-state index contributed by atoms with van der Waals surface area (Å²) < 4.78 is 26.7. The Morgan fingerprint density at radius 3 is 2.53 bits per heavy atom. The van der Waals surface area contributed by atoms with Gasteiger partial charge in [-0.1, -0.05) is 18.2 Å². The molecule has 0 unspecified atom stereocenters. The monoisotopic (exact) mass is 294 g/mol. The van der Waals surface area contributed by atoms with Gasteiger partial charge in [0.15, 0.2) is 5.03 Å². The van der Waals surface area contributed by atoms with Gasteiger partial charge in [-0.05, 0) is 36.9 Å². The molecule has 0 amide bonds. The number of sulfone groups is 1. The van der Waals surface area contributed by atoms with Crippen LogP contribution in [-0.4, -0.2) is 23.9 Å². The summed E-state index contributed by atoms with van der Waals surface area (Å²) >= 11 is 1.31. The average Bonchev–Trinajstić information content (AvgIpc) is 3.18. The molecule has 0 spiro atoms. The predicted octanol–water partition coefficient (Wildman–Crippen LogP) is 2.72. The van der Waals surface area contributed by atoms with E-state index in [1.807, 2.05) is 6.26 Å². The molecule has 1 heterocycles. The van der Waals surface area contributed by atoms with Crippen LogP contribution in [-0.2, 0) is 9.84 Å². The van der Waals surface area contributed by atoms with Crippen molar-refractivity contribution in [3.63, 3.8) is 0 Å². The fourth-order valence-electron chi connectivity index (χ4n) is 1.97. The summed E-state index contributed by atoms with van der Waals surface area (Å²) in [6, 6.07) is 10.2. The zero-order valence-corrected chi connectivity index (χ0v) is 12.1. The molecule has 1 aliphatic carbocycles. The fourth-order valence-corrected chi connectivity index (χ4v) is 4.18. The highest BCUT2D eigenvalue weighted by molar-refractivity contribution is 7.98. The van der Waals surface area contributed by atoms with E-state index >= 15 is 0 Å². The minimum absolute atomic E-state index is 0.271. The van der Waals surface area contributed by atoms with Gasteiger partial charge in [0.1, 0.15) is 0 Å². The Morgan fingerprint density at radius 1 is 1.26 bits per heavy atom. The highest BCUT2D eigenvalue weighted by Gasteiger charge is 2.31. The molecular formula is C13H14N2O2S2. The van der Waals surface area contributed by atoms with Crippen LogP contribution in [0, 0.1) is 0 Å². The topological polar surface area (TPSA) is 52.0 Å². The van der Waals surface area contributed by atoms with E-state index in [0.717, 1.165) is 18.5 Å². The van der Waals surface area contributed by atoms with Crippen LogP contribution >= 0.6 is 11.9 Å². The molecule has 1 aliphatic rings. The summed E-state index contributed by atoms with van der Waals surface area (Å²) in [5, 5.41) is 4.65. The summed E-state index contributed by atoms with van der Waals surface area (Å²) in [5.41, 5.74) is 0.892. The zero-order chi connectivity index (χ0) is 13.5. The normalized spacial score (nSPS) is 15.6. The van der Waals surface area contributed by atoms with E-state index in [4.69, 9.17) is 0 Å². The first-order valence-corrected chi connectivity index (χ1v) is 8.74. The van der Waals surface area contributed by atoms with Crippen LogP contribution in [0.3, 0.4) is 0 Å². The number of aromatic nitrogens is 2. The molecule has 0 aliphatic heterocycles. The average molecular weight is 294 g/mol. The molecule has 2 aromatic rings. The number of hydrogen-bond acceptors (Lipinski definition) is 4. The maximum absolute atomic E-state index is 12.6. The van der Waals surface area contributed by atoms with Gasteiger partial charge in [0.2, 0.25) is 9.84 Å². The predicted molar refractivity (Wildman–Crippen MR) is 75.0 cm³/mol. The molecule has 0 radical (unpaired) electrons. The molecule has 100 valence electrons. The molecule has 0 N–H and O–H groups in total. The van der Waals surface area contributed by atoms with Crippen molar-refractivity contribution in [3.05, 3.63) is 42.1 Å². The van der Waals surface area contributed by atoms with Gasteiger partial charge < -0.3 is 0 Å². The van der Waals surface area contributed by atoms with Gasteiger partial charge in [0.05, 0.1) is 10.6 Å². The number of nitrogens with zero attached hydrogens (tertiary/aromatic N) is 2. The maximum Gasteiger partial charge on any atom is 0.224 e. The van der Waals surface area contributed by atoms with E-state index in [1.54, 1.807) is 36.4 Å². The maximum atomic E-state index is 12.6. The van der Waals surface area contributed by atoms with E-state index in [-0.39, 0.29) is 5.03 Å². The minimum atomic E-state index is -3.49. The quantitative estimate of drug-likeness (QED) is 0.870. The van der Waals surface area contributed by atoms with Gasteiger partial charge >= 0.3 is 0 Å². The van der Waals surface area contributed by atoms with E-state index < -0.39 is 9.84 Å². The first-order chi connectivity index (χ1) is 9.13. The van der Waals surface area contributed by atoms with Crippen LogP contribution in [0.15, 0.2) is 46.3 Å². The Hall–Kier alpha value is -1.27. The standard InChI is InChI=1S/C13H14N2O2S2/c1-18-15-13(9-12(14-15)10-7-8-10)19(16,17)11-5-3-2-4-6-11/h2-6,9-10H,7-8H2,1H3. The molecule has 4 nitrogen and oxygen atoms in total. The third kappa shape index (κ3) is 2.30. The fraction of sp³-hybridized carbons (Fsp3) is 0.308. The molecule has 0 bridgehead atoms. The highest BCUT2D eigenvalue weighted by atomic mass is 32.2. The van der Waals surface area contributed by atoms with E-state index in [1.165, 1.54) is 16.0 Å². The SMILES string of the molecule is CSn1nc(C2CC2)cc1S(=O)(=O)c1ccccc1. The summed E-state index contributed by atoms with van der Waals surface area (Å²) in [5.74, 6) is 0.443. The largest absolute Gasteiger partial charge is 0.224 e. The molecule has 1 fully saturated rings. The second-order valence-corrected chi connectivity index (χ2v) is 7.16. The van der Waals surface area contributed by atoms with E-state index in [2.05, 4.69) is 5.10 Å². The van der Waals surface area contributed by atoms with Crippen molar-refractivity contribution < 1.29 is 8.42 Å². The van der Waals surface area contributed by atoms with Crippen LogP contribution in [0.25, 0.3) is 0 Å². The second kappa shape index (κ2) is 4.68. The Balaban J connectivity index is 2.10. The van der Waals surface area contributed by atoms with Crippen LogP contribution in [0.2, 0.25) is 0 Å². The Kier molecular flexibility index (Phi) is 3.14. The number of rotatable bonds is 4. The second-order valence-electron chi connectivity index (χ2n) is 4.55.